The van der Waals surface area contributed by atoms with E-state index in [0.29, 0.717) is 47.0 Å². The maximum atomic E-state index is 14.3. The second-order valence-electron chi connectivity index (χ2n) is 13.6. The topological polar surface area (TPSA) is 143 Å². The third-order valence-corrected chi connectivity index (χ3v) is 11.1. The number of nitrogens with two attached hydrogens (primary N) is 1. The summed E-state index contributed by atoms with van der Waals surface area (Å²) >= 11 is 7.56. The van der Waals surface area contributed by atoms with Crippen molar-refractivity contribution in [2.45, 2.75) is 89.3 Å². The number of benzene rings is 3. The molecule has 1 saturated carbocycles. The highest BCUT2D eigenvalue weighted by atomic mass is 35.5. The van der Waals surface area contributed by atoms with E-state index in [4.69, 9.17) is 17.3 Å². The highest BCUT2D eigenvalue weighted by Crippen LogP contribution is 2.31. The summed E-state index contributed by atoms with van der Waals surface area (Å²) in [4.78, 5) is 59.7. The quantitative estimate of drug-likeness (QED) is 0.0808. The molecule has 0 radical (unpaired) electrons. The fourth-order valence-corrected chi connectivity index (χ4v) is 8.17. The highest BCUT2D eigenvalue weighted by molar-refractivity contribution is 7.18. The average Bonchev–Trinajstić information content (AvgIpc) is 3.83. The fourth-order valence-electron chi connectivity index (χ4n) is 6.88. The van der Waals surface area contributed by atoms with E-state index in [-0.39, 0.29) is 36.9 Å². The van der Waals surface area contributed by atoms with Crippen LogP contribution in [0.4, 0.5) is 8.78 Å². The largest absolute Gasteiger partial charge is 0.345 e. The summed E-state index contributed by atoms with van der Waals surface area (Å²) in [6, 6.07) is 14.1. The molecule has 282 valence electrons. The van der Waals surface area contributed by atoms with Gasteiger partial charge in [0, 0.05) is 30.2 Å². The lowest BCUT2D eigenvalue weighted by molar-refractivity contribution is -0.134. The Balaban J connectivity index is 1.37. The van der Waals surface area contributed by atoms with Gasteiger partial charge in [-0.1, -0.05) is 62.1 Å². The number of fused-ring (bicyclic) bond motifs is 1. The SMILES string of the molecule is CCC(=O)N[C@@H](Cc1nc2ccc(Cl)cc2s1)C(=O)N[C@H](C(=O)C[C@@H](CCCCN)C(=O)NC(c1ccc(F)cc1)c1ccc(F)cc1)C1CCCC1. The van der Waals surface area contributed by atoms with Crippen LogP contribution in [0.5, 0.6) is 0 Å². The van der Waals surface area contributed by atoms with Gasteiger partial charge < -0.3 is 21.7 Å². The summed E-state index contributed by atoms with van der Waals surface area (Å²) in [5.74, 6) is -3.24. The van der Waals surface area contributed by atoms with E-state index in [1.165, 1.54) is 35.6 Å². The molecular weight excluding hydrogens is 720 g/mol. The zero-order valence-electron chi connectivity index (χ0n) is 29.7. The van der Waals surface area contributed by atoms with Crippen molar-refractivity contribution in [1.29, 1.82) is 0 Å². The van der Waals surface area contributed by atoms with Crippen LogP contribution >= 0.6 is 22.9 Å². The van der Waals surface area contributed by atoms with Crippen molar-refractivity contribution >= 4 is 56.7 Å². The van der Waals surface area contributed by atoms with Crippen molar-refractivity contribution in [2.24, 2.45) is 17.6 Å². The van der Waals surface area contributed by atoms with Crippen LogP contribution in [0.2, 0.25) is 5.02 Å². The van der Waals surface area contributed by atoms with E-state index in [1.54, 1.807) is 49.4 Å². The molecular formula is C40H46ClF2N5O4S. The van der Waals surface area contributed by atoms with Gasteiger partial charge in [-0.3, -0.25) is 19.2 Å². The second kappa shape index (κ2) is 19.2. The first-order valence-electron chi connectivity index (χ1n) is 18.2. The number of hydrogen-bond acceptors (Lipinski definition) is 7. The first-order chi connectivity index (χ1) is 25.5. The molecule has 3 amide bonds. The van der Waals surface area contributed by atoms with Crippen molar-refractivity contribution in [2.75, 3.05) is 6.54 Å². The van der Waals surface area contributed by atoms with Gasteiger partial charge in [0.05, 0.1) is 27.3 Å². The lowest BCUT2D eigenvalue weighted by Crippen LogP contribution is -2.54. The molecule has 5 N–H and O–H groups in total. The molecule has 3 atom stereocenters. The molecule has 0 unspecified atom stereocenters. The van der Waals surface area contributed by atoms with Crippen LogP contribution in [0.1, 0.15) is 86.9 Å². The van der Waals surface area contributed by atoms with Crippen LogP contribution in [0.3, 0.4) is 0 Å². The molecule has 1 heterocycles. The third kappa shape index (κ3) is 11.1. The molecule has 0 saturated heterocycles. The maximum Gasteiger partial charge on any atom is 0.243 e. The Labute approximate surface area is 317 Å². The maximum absolute atomic E-state index is 14.3. The van der Waals surface area contributed by atoms with Crippen molar-refractivity contribution in [3.05, 3.63) is 99.5 Å². The van der Waals surface area contributed by atoms with Gasteiger partial charge in [-0.25, -0.2) is 13.8 Å². The standard InChI is InChI=1S/C40H46ClF2N5O4S/c1-2-35(50)45-32(23-36-46-31-19-14-28(41)22-34(31)53-36)40(52)48-38(24-7-3-4-8-24)33(49)21-27(9-5-6-20-44)39(51)47-37(25-10-15-29(42)16-11-25)26-12-17-30(43)18-13-26/h10-19,22,24,27,32,37-38H,2-9,20-21,23,44H2,1H3,(H,45,50)(H,47,51)(H,48,52)/t27-,32+,38+/m1/s1. The van der Waals surface area contributed by atoms with E-state index in [1.807, 2.05) is 0 Å². The number of halogens is 3. The minimum atomic E-state index is -0.981. The van der Waals surface area contributed by atoms with Gasteiger partial charge in [-0.05, 0) is 91.7 Å². The Morgan fingerprint density at radius 2 is 1.53 bits per heavy atom. The van der Waals surface area contributed by atoms with Gasteiger partial charge in [-0.15, -0.1) is 11.3 Å². The number of amides is 3. The summed E-state index contributed by atoms with van der Waals surface area (Å²) in [7, 11) is 0. The summed E-state index contributed by atoms with van der Waals surface area (Å²) in [6.45, 7) is 2.12. The van der Waals surface area contributed by atoms with E-state index in [9.17, 15) is 28.0 Å². The first kappa shape index (κ1) is 39.9. The summed E-state index contributed by atoms with van der Waals surface area (Å²) in [5, 5.41) is 10.1. The van der Waals surface area contributed by atoms with Crippen LogP contribution in [-0.2, 0) is 25.6 Å². The van der Waals surface area contributed by atoms with Gasteiger partial charge in [0.25, 0.3) is 0 Å². The monoisotopic (exact) mass is 765 g/mol. The molecule has 4 aromatic rings. The number of carbonyl (C=O) groups is 4. The van der Waals surface area contributed by atoms with Gasteiger partial charge in [-0.2, -0.15) is 0 Å². The molecule has 5 rings (SSSR count). The molecule has 0 bridgehead atoms. The molecule has 1 aliphatic rings. The summed E-state index contributed by atoms with van der Waals surface area (Å²) in [5.41, 5.74) is 7.68. The predicted molar refractivity (Wildman–Crippen MR) is 203 cm³/mol. The van der Waals surface area contributed by atoms with Crippen LogP contribution in [0.15, 0.2) is 66.7 Å². The molecule has 53 heavy (non-hydrogen) atoms. The van der Waals surface area contributed by atoms with Gasteiger partial charge in [0.2, 0.25) is 17.7 Å². The number of ketones is 1. The lowest BCUT2D eigenvalue weighted by Gasteiger charge is -2.28. The predicted octanol–water partition coefficient (Wildman–Crippen LogP) is 6.95. The van der Waals surface area contributed by atoms with Gasteiger partial charge in [0.1, 0.15) is 17.7 Å². The van der Waals surface area contributed by atoms with E-state index >= 15 is 0 Å². The number of rotatable bonds is 18. The third-order valence-electron chi connectivity index (χ3n) is 9.78. The zero-order chi connectivity index (χ0) is 37.9. The number of aromatic nitrogens is 1. The van der Waals surface area contributed by atoms with Crippen LogP contribution in [0, 0.1) is 23.5 Å². The Bertz CT molecular complexity index is 1820. The molecule has 1 aliphatic carbocycles. The number of carbonyl (C=O) groups excluding carboxylic acids is 4. The van der Waals surface area contributed by atoms with Crippen molar-refractivity contribution in [1.82, 2.24) is 20.9 Å². The molecule has 13 heteroatoms. The molecule has 3 aromatic carbocycles. The highest BCUT2D eigenvalue weighted by Gasteiger charge is 2.36. The van der Waals surface area contributed by atoms with Crippen LogP contribution < -0.4 is 21.7 Å². The summed E-state index contributed by atoms with van der Waals surface area (Å²) in [6.07, 6.45) is 5.07. The average molecular weight is 766 g/mol. The number of nitrogens with one attached hydrogen (secondary N) is 3. The smallest absolute Gasteiger partial charge is 0.243 e. The number of unbranched alkanes of at least 4 members (excludes halogenated alkanes) is 1. The number of thiazole rings is 1. The number of nitrogens with zero attached hydrogens (tertiary/aromatic N) is 1. The normalized spacial score (nSPS) is 14.9. The zero-order valence-corrected chi connectivity index (χ0v) is 31.3. The Morgan fingerprint density at radius 1 is 0.887 bits per heavy atom. The van der Waals surface area contributed by atoms with Crippen molar-refractivity contribution < 1.29 is 28.0 Å². The van der Waals surface area contributed by atoms with Gasteiger partial charge >= 0.3 is 0 Å². The molecule has 1 fully saturated rings. The lowest BCUT2D eigenvalue weighted by atomic mass is 9.86. The van der Waals surface area contributed by atoms with Crippen molar-refractivity contribution in [3.8, 4) is 0 Å². The van der Waals surface area contributed by atoms with Crippen LogP contribution in [-0.4, -0.2) is 47.1 Å². The van der Waals surface area contributed by atoms with E-state index in [0.717, 1.165) is 35.9 Å². The second-order valence-corrected chi connectivity index (χ2v) is 15.2. The Kier molecular flexibility index (Phi) is 14.5. The fraction of sp³-hybridized carbons (Fsp3) is 0.425. The van der Waals surface area contributed by atoms with E-state index in [2.05, 4.69) is 20.9 Å². The number of Topliss-reactive ketones (excluding diaryl/α,β-unsaturated/α-hetero) is 1. The number of hydrogen-bond donors (Lipinski definition) is 4. The summed E-state index contributed by atoms with van der Waals surface area (Å²) < 4.78 is 28.6. The molecule has 0 spiro atoms. The van der Waals surface area contributed by atoms with E-state index < -0.39 is 47.5 Å². The molecule has 1 aromatic heterocycles. The minimum Gasteiger partial charge on any atom is -0.345 e. The Morgan fingerprint density at radius 3 is 2.13 bits per heavy atom. The Hall–Kier alpha value is -4.26. The van der Waals surface area contributed by atoms with Gasteiger partial charge in [0.15, 0.2) is 5.78 Å². The molecule has 0 aliphatic heterocycles. The van der Waals surface area contributed by atoms with Crippen molar-refractivity contribution in [3.63, 3.8) is 0 Å². The first-order valence-corrected chi connectivity index (χ1v) is 19.4. The van der Waals surface area contributed by atoms with Crippen LogP contribution in [0.25, 0.3) is 10.2 Å². The minimum absolute atomic E-state index is 0.123. The molecule has 9 nitrogen and oxygen atoms in total.